The van der Waals surface area contributed by atoms with Gasteiger partial charge < -0.3 is 9.73 Å². The van der Waals surface area contributed by atoms with Gasteiger partial charge in [-0.1, -0.05) is 6.07 Å². The van der Waals surface area contributed by atoms with Crippen LogP contribution in [0.4, 0.5) is 5.69 Å². The molecule has 1 amide bonds. The molecule has 0 saturated carbocycles. The Kier molecular flexibility index (Phi) is 4.36. The number of sulfonamides is 1. The number of carbonyl (C=O) groups is 1. The Labute approximate surface area is 145 Å². The predicted octanol–water partition coefficient (Wildman–Crippen LogP) is 2.88. The molecule has 7 heteroatoms. The van der Waals surface area contributed by atoms with Gasteiger partial charge in [0.25, 0.3) is 0 Å². The number of furan rings is 1. The Morgan fingerprint density at radius 2 is 1.88 bits per heavy atom. The normalized spacial score (nSPS) is 11.6. The number of carbonyl (C=O) groups excluding carboxylic acids is 1. The zero-order valence-corrected chi connectivity index (χ0v) is 14.7. The molecule has 0 atom stereocenters. The lowest BCUT2D eigenvalue weighted by molar-refractivity contribution is -0.115. The summed E-state index contributed by atoms with van der Waals surface area (Å²) in [5.41, 5.74) is 4.13. The van der Waals surface area contributed by atoms with Crippen LogP contribution < -0.4 is 10.5 Å². The number of fused-ring (bicyclic) bond motifs is 1. The molecule has 1 aromatic heterocycles. The molecular weight excluding hydrogens is 340 g/mol. The van der Waals surface area contributed by atoms with Crippen LogP contribution in [0, 0.1) is 13.8 Å². The zero-order chi connectivity index (χ0) is 18.2. The van der Waals surface area contributed by atoms with E-state index in [4.69, 9.17) is 9.56 Å². The van der Waals surface area contributed by atoms with Gasteiger partial charge in [-0.05, 0) is 55.3 Å². The summed E-state index contributed by atoms with van der Waals surface area (Å²) in [4.78, 5) is 12.3. The van der Waals surface area contributed by atoms with Crippen molar-refractivity contribution >= 4 is 32.6 Å². The van der Waals surface area contributed by atoms with E-state index in [-0.39, 0.29) is 17.2 Å². The number of nitrogens with one attached hydrogen (secondary N) is 1. The van der Waals surface area contributed by atoms with Gasteiger partial charge in [-0.2, -0.15) is 0 Å². The molecule has 0 fully saturated rings. The Morgan fingerprint density at radius 1 is 1.16 bits per heavy atom. The molecule has 0 aliphatic heterocycles. The summed E-state index contributed by atoms with van der Waals surface area (Å²) < 4.78 is 28.3. The summed E-state index contributed by atoms with van der Waals surface area (Å²) in [6.45, 7) is 4.01. The van der Waals surface area contributed by atoms with Crippen LogP contribution in [-0.4, -0.2) is 14.3 Å². The van der Waals surface area contributed by atoms with Crippen molar-refractivity contribution in [3.63, 3.8) is 0 Å². The minimum absolute atomic E-state index is 0.0508. The molecule has 25 heavy (non-hydrogen) atoms. The summed E-state index contributed by atoms with van der Waals surface area (Å²) in [7, 11) is -3.82. The molecule has 2 aromatic carbocycles. The van der Waals surface area contributed by atoms with Crippen molar-refractivity contribution in [1.82, 2.24) is 0 Å². The Morgan fingerprint density at radius 3 is 2.60 bits per heavy atom. The van der Waals surface area contributed by atoms with Crippen molar-refractivity contribution in [3.05, 3.63) is 59.4 Å². The van der Waals surface area contributed by atoms with Gasteiger partial charge in [0.05, 0.1) is 17.6 Å². The Hall–Kier alpha value is -2.64. The van der Waals surface area contributed by atoms with Crippen LogP contribution in [-0.2, 0) is 21.2 Å². The highest BCUT2D eigenvalue weighted by Crippen LogP contribution is 2.25. The van der Waals surface area contributed by atoms with Gasteiger partial charge in [-0.3, -0.25) is 4.79 Å². The smallest absolute Gasteiger partial charge is 0.238 e. The molecule has 0 spiro atoms. The molecule has 3 N–H and O–H groups in total. The predicted molar refractivity (Wildman–Crippen MR) is 95.8 cm³/mol. The van der Waals surface area contributed by atoms with Gasteiger partial charge in [0.2, 0.25) is 15.9 Å². The summed E-state index contributed by atoms with van der Waals surface area (Å²) in [5.74, 6) is -0.271. The van der Waals surface area contributed by atoms with Crippen molar-refractivity contribution in [2.45, 2.75) is 25.2 Å². The molecule has 0 radical (unpaired) electrons. The molecule has 0 unspecified atom stereocenters. The maximum atomic E-state index is 12.3. The monoisotopic (exact) mass is 358 g/mol. The van der Waals surface area contributed by atoms with Crippen molar-refractivity contribution in [2.75, 3.05) is 5.32 Å². The van der Waals surface area contributed by atoms with Crippen LogP contribution in [0.3, 0.4) is 0 Å². The van der Waals surface area contributed by atoms with E-state index in [1.807, 2.05) is 26.0 Å². The topological polar surface area (TPSA) is 102 Å². The van der Waals surface area contributed by atoms with Crippen LogP contribution in [0.25, 0.3) is 11.0 Å². The fraction of sp³-hybridized carbons (Fsp3) is 0.167. The number of hydrogen-bond acceptors (Lipinski definition) is 4. The number of benzene rings is 2. The van der Waals surface area contributed by atoms with Crippen LogP contribution in [0.15, 0.2) is 52.0 Å². The first-order valence-electron chi connectivity index (χ1n) is 7.64. The van der Waals surface area contributed by atoms with E-state index >= 15 is 0 Å². The highest BCUT2D eigenvalue weighted by atomic mass is 32.2. The lowest BCUT2D eigenvalue weighted by Gasteiger charge is -2.06. The summed E-state index contributed by atoms with van der Waals surface area (Å²) in [5, 5.41) is 8.68. The SMILES string of the molecule is Cc1cc2occ(CC(=O)Nc3cccc(S(N)(=O)=O)c3)c2cc1C. The number of nitrogens with two attached hydrogens (primary N) is 1. The van der Waals surface area contributed by atoms with Crippen molar-refractivity contribution in [3.8, 4) is 0 Å². The van der Waals surface area contributed by atoms with Crippen LogP contribution >= 0.6 is 0 Å². The molecule has 6 nitrogen and oxygen atoms in total. The van der Waals surface area contributed by atoms with Gasteiger partial charge in [-0.15, -0.1) is 0 Å². The molecule has 0 aliphatic carbocycles. The third-order valence-electron chi connectivity index (χ3n) is 4.07. The quantitative estimate of drug-likeness (QED) is 0.748. The minimum atomic E-state index is -3.82. The second-order valence-electron chi connectivity index (χ2n) is 5.99. The lowest BCUT2D eigenvalue weighted by atomic mass is 10.0. The summed E-state index contributed by atoms with van der Waals surface area (Å²) >= 11 is 0. The van der Waals surface area contributed by atoms with E-state index in [1.54, 1.807) is 12.3 Å². The third-order valence-corrected chi connectivity index (χ3v) is 4.98. The Balaban J connectivity index is 1.81. The number of amides is 1. The summed E-state index contributed by atoms with van der Waals surface area (Å²) in [6, 6.07) is 9.77. The minimum Gasteiger partial charge on any atom is -0.464 e. The summed E-state index contributed by atoms with van der Waals surface area (Å²) in [6.07, 6.45) is 1.69. The highest BCUT2D eigenvalue weighted by Gasteiger charge is 2.13. The van der Waals surface area contributed by atoms with Crippen LogP contribution in [0.1, 0.15) is 16.7 Å². The first kappa shape index (κ1) is 17.2. The standard InChI is InChI=1S/C18H18N2O4S/c1-11-6-16-13(10-24-17(16)7-12(11)2)8-18(21)20-14-4-3-5-15(9-14)25(19,22)23/h3-7,9-10H,8H2,1-2H3,(H,20,21)(H2,19,22,23). The van der Waals surface area contributed by atoms with Crippen LogP contribution in [0.2, 0.25) is 0 Å². The van der Waals surface area contributed by atoms with Crippen molar-refractivity contribution in [1.29, 1.82) is 0 Å². The van der Waals surface area contributed by atoms with Gasteiger partial charge >= 0.3 is 0 Å². The fourth-order valence-electron chi connectivity index (χ4n) is 2.60. The van der Waals surface area contributed by atoms with Crippen molar-refractivity contribution in [2.24, 2.45) is 5.14 Å². The fourth-order valence-corrected chi connectivity index (χ4v) is 3.16. The number of anilines is 1. The number of primary sulfonamides is 1. The van der Waals surface area contributed by atoms with E-state index in [2.05, 4.69) is 5.32 Å². The molecule has 130 valence electrons. The molecule has 0 saturated heterocycles. The average molecular weight is 358 g/mol. The highest BCUT2D eigenvalue weighted by molar-refractivity contribution is 7.89. The maximum Gasteiger partial charge on any atom is 0.238 e. The number of hydrogen-bond donors (Lipinski definition) is 2. The van der Waals surface area contributed by atoms with E-state index in [0.717, 1.165) is 27.7 Å². The Bertz CT molecular complexity index is 1070. The first-order chi connectivity index (χ1) is 11.7. The molecule has 1 heterocycles. The molecule has 3 rings (SSSR count). The average Bonchev–Trinajstić information content (AvgIpc) is 2.89. The van der Waals surface area contributed by atoms with E-state index in [9.17, 15) is 13.2 Å². The number of rotatable bonds is 4. The first-order valence-corrected chi connectivity index (χ1v) is 9.19. The molecule has 0 bridgehead atoms. The lowest BCUT2D eigenvalue weighted by Crippen LogP contribution is -2.16. The van der Waals surface area contributed by atoms with Gasteiger partial charge in [0.1, 0.15) is 5.58 Å². The maximum absolute atomic E-state index is 12.3. The largest absolute Gasteiger partial charge is 0.464 e. The van der Waals surface area contributed by atoms with Gasteiger partial charge in [0, 0.05) is 16.6 Å². The van der Waals surface area contributed by atoms with E-state index in [1.165, 1.54) is 18.2 Å². The second-order valence-corrected chi connectivity index (χ2v) is 7.55. The second kappa shape index (κ2) is 6.34. The van der Waals surface area contributed by atoms with E-state index in [0.29, 0.717) is 5.69 Å². The molecule has 0 aliphatic rings. The zero-order valence-electron chi connectivity index (χ0n) is 13.9. The third kappa shape index (κ3) is 3.72. The van der Waals surface area contributed by atoms with E-state index < -0.39 is 10.0 Å². The van der Waals surface area contributed by atoms with Gasteiger partial charge in [-0.25, -0.2) is 13.6 Å². The van der Waals surface area contributed by atoms with Crippen molar-refractivity contribution < 1.29 is 17.6 Å². The van der Waals surface area contributed by atoms with Gasteiger partial charge in [0.15, 0.2) is 0 Å². The molecule has 3 aromatic rings. The number of aryl methyl sites for hydroxylation is 2. The van der Waals surface area contributed by atoms with Crippen LogP contribution in [0.5, 0.6) is 0 Å². The molecular formula is C18H18N2O4S.